The number of piperazine rings is 1. The van der Waals surface area contributed by atoms with Crippen molar-refractivity contribution in [1.29, 1.82) is 5.26 Å². The van der Waals surface area contributed by atoms with Gasteiger partial charge in [-0.3, -0.25) is 0 Å². The van der Waals surface area contributed by atoms with E-state index in [4.69, 9.17) is 13.9 Å². The van der Waals surface area contributed by atoms with E-state index in [-0.39, 0.29) is 12.7 Å². The van der Waals surface area contributed by atoms with Crippen molar-refractivity contribution < 1.29 is 18.7 Å². The topological polar surface area (TPSA) is 122 Å². The summed E-state index contributed by atoms with van der Waals surface area (Å²) in [6.45, 7) is 8.18. The molecular formula is C26H27N7O4. The molecule has 1 aliphatic heterocycles. The van der Waals surface area contributed by atoms with Gasteiger partial charge in [0.1, 0.15) is 29.5 Å². The van der Waals surface area contributed by atoms with Gasteiger partial charge >= 0.3 is 6.09 Å². The van der Waals surface area contributed by atoms with Crippen LogP contribution in [0.4, 0.5) is 10.6 Å². The molecule has 0 bridgehead atoms. The zero-order valence-corrected chi connectivity index (χ0v) is 20.9. The van der Waals surface area contributed by atoms with E-state index in [0.717, 1.165) is 16.9 Å². The molecule has 11 nitrogen and oxygen atoms in total. The fourth-order valence-electron chi connectivity index (χ4n) is 4.12. The highest BCUT2D eigenvalue weighted by Crippen LogP contribution is 2.31. The van der Waals surface area contributed by atoms with Gasteiger partial charge < -0.3 is 23.7 Å². The summed E-state index contributed by atoms with van der Waals surface area (Å²) in [4.78, 5) is 25.0. The van der Waals surface area contributed by atoms with Crippen LogP contribution in [0.5, 0.6) is 5.75 Å². The third-order valence-corrected chi connectivity index (χ3v) is 5.87. The van der Waals surface area contributed by atoms with E-state index >= 15 is 0 Å². The number of ether oxygens (including phenoxy) is 2. The van der Waals surface area contributed by atoms with Gasteiger partial charge in [0, 0.05) is 43.5 Å². The van der Waals surface area contributed by atoms with Gasteiger partial charge in [-0.2, -0.15) is 10.4 Å². The van der Waals surface area contributed by atoms with Gasteiger partial charge in [-0.1, -0.05) is 0 Å². The van der Waals surface area contributed by atoms with E-state index in [9.17, 15) is 10.1 Å². The first kappa shape index (κ1) is 24.1. The van der Waals surface area contributed by atoms with Crippen molar-refractivity contribution in [1.82, 2.24) is 24.5 Å². The second kappa shape index (κ2) is 9.81. The first-order valence-electron chi connectivity index (χ1n) is 11.9. The zero-order valence-electron chi connectivity index (χ0n) is 20.9. The van der Waals surface area contributed by atoms with Crippen molar-refractivity contribution in [3.8, 4) is 22.9 Å². The fraction of sp³-hybridized carbons (Fsp3) is 0.346. The summed E-state index contributed by atoms with van der Waals surface area (Å²) in [6.07, 6.45) is 7.78. The lowest BCUT2D eigenvalue weighted by atomic mass is 10.1. The number of hydrogen-bond donors (Lipinski definition) is 0. The Morgan fingerprint density at radius 1 is 1.16 bits per heavy atom. The van der Waals surface area contributed by atoms with Crippen LogP contribution in [0.25, 0.3) is 16.6 Å². The smallest absolute Gasteiger partial charge is 0.410 e. The quantitative estimate of drug-likeness (QED) is 0.401. The molecule has 4 aromatic rings. The molecule has 1 saturated heterocycles. The summed E-state index contributed by atoms with van der Waals surface area (Å²) in [7, 11) is 0. The van der Waals surface area contributed by atoms with E-state index < -0.39 is 5.60 Å². The maximum absolute atomic E-state index is 12.4. The number of hydrogen-bond acceptors (Lipinski definition) is 9. The number of pyridine rings is 2. The van der Waals surface area contributed by atoms with Crippen LogP contribution in [0.3, 0.4) is 0 Å². The Balaban J connectivity index is 1.34. The molecule has 5 heterocycles. The molecule has 0 spiro atoms. The van der Waals surface area contributed by atoms with Gasteiger partial charge in [0.15, 0.2) is 6.61 Å². The largest absolute Gasteiger partial charge is 0.482 e. The number of fused-ring (bicyclic) bond motifs is 1. The van der Waals surface area contributed by atoms with Crippen molar-refractivity contribution in [2.45, 2.75) is 33.0 Å². The molecule has 1 amide bonds. The summed E-state index contributed by atoms with van der Waals surface area (Å²) < 4.78 is 18.2. The van der Waals surface area contributed by atoms with E-state index in [1.807, 2.05) is 39.0 Å². The van der Waals surface area contributed by atoms with Gasteiger partial charge in [0.25, 0.3) is 0 Å². The highest BCUT2D eigenvalue weighted by atomic mass is 16.6. The molecular weight excluding hydrogens is 474 g/mol. The van der Waals surface area contributed by atoms with Gasteiger partial charge in [0.2, 0.25) is 5.89 Å². The van der Waals surface area contributed by atoms with Crippen LogP contribution in [0.1, 0.15) is 32.2 Å². The Labute approximate surface area is 213 Å². The van der Waals surface area contributed by atoms with Crippen molar-refractivity contribution in [3.05, 3.63) is 60.7 Å². The highest BCUT2D eigenvalue weighted by molar-refractivity contribution is 5.85. The van der Waals surface area contributed by atoms with Gasteiger partial charge in [-0.05, 0) is 39.0 Å². The Hall–Kier alpha value is -4.59. The summed E-state index contributed by atoms with van der Waals surface area (Å²) in [6, 6.07) is 7.97. The minimum atomic E-state index is -0.518. The molecule has 0 aromatic carbocycles. The number of anilines is 1. The van der Waals surface area contributed by atoms with Crippen LogP contribution < -0.4 is 9.64 Å². The maximum Gasteiger partial charge on any atom is 0.410 e. The predicted octanol–water partition coefficient (Wildman–Crippen LogP) is 3.89. The molecule has 37 heavy (non-hydrogen) atoms. The molecule has 0 unspecified atom stereocenters. The Morgan fingerprint density at radius 3 is 2.62 bits per heavy atom. The van der Waals surface area contributed by atoms with Gasteiger partial charge in [-0.15, -0.1) is 0 Å². The van der Waals surface area contributed by atoms with Crippen molar-refractivity contribution in [2.24, 2.45) is 0 Å². The van der Waals surface area contributed by atoms with Gasteiger partial charge in [0.05, 0.1) is 29.7 Å². The van der Waals surface area contributed by atoms with Crippen LogP contribution in [-0.4, -0.2) is 62.4 Å². The lowest BCUT2D eigenvalue weighted by Crippen LogP contribution is -2.50. The molecule has 1 aliphatic rings. The van der Waals surface area contributed by atoms with Crippen molar-refractivity contribution in [3.63, 3.8) is 0 Å². The number of nitrogens with zero attached hydrogens (tertiary/aromatic N) is 7. The number of carbonyl (C=O) groups excluding carboxylic acids is 1. The van der Waals surface area contributed by atoms with Crippen LogP contribution in [-0.2, 0) is 11.3 Å². The Kier molecular flexibility index (Phi) is 6.40. The second-order valence-electron chi connectivity index (χ2n) is 9.63. The third kappa shape index (κ3) is 5.33. The maximum atomic E-state index is 12.4. The van der Waals surface area contributed by atoms with Crippen molar-refractivity contribution >= 4 is 17.4 Å². The minimum absolute atomic E-state index is 0.163. The molecule has 0 saturated carbocycles. The van der Waals surface area contributed by atoms with E-state index in [1.165, 1.54) is 12.5 Å². The lowest BCUT2D eigenvalue weighted by molar-refractivity contribution is 0.0240. The van der Waals surface area contributed by atoms with Gasteiger partial charge in [-0.25, -0.2) is 19.3 Å². The monoisotopic (exact) mass is 501 g/mol. The molecule has 1 fully saturated rings. The summed E-state index contributed by atoms with van der Waals surface area (Å²) >= 11 is 0. The fourth-order valence-corrected chi connectivity index (χ4v) is 4.12. The molecule has 11 heteroatoms. The average Bonchev–Trinajstić information content (AvgIpc) is 3.56. The number of rotatable bonds is 5. The van der Waals surface area contributed by atoms with Crippen LogP contribution >= 0.6 is 0 Å². The third-order valence-electron chi connectivity index (χ3n) is 5.87. The summed E-state index contributed by atoms with van der Waals surface area (Å²) in [5, 5.41) is 13.9. The summed E-state index contributed by atoms with van der Waals surface area (Å²) in [5.74, 6) is 1.82. The Morgan fingerprint density at radius 2 is 1.97 bits per heavy atom. The number of oxazole rings is 1. The van der Waals surface area contributed by atoms with E-state index in [2.05, 4.69) is 26.0 Å². The molecule has 5 rings (SSSR count). The van der Waals surface area contributed by atoms with Crippen LogP contribution in [0, 0.1) is 11.3 Å². The van der Waals surface area contributed by atoms with E-state index in [1.54, 1.807) is 28.0 Å². The number of aromatic nitrogens is 4. The standard InChI is InChI=1S/C26H27N7O4/c1-26(2,3)37-25(34)32-9-7-31(8-10-32)22-5-4-18(14-29-22)21-12-20(36-17-23-28-6-11-35-23)16-33-24(21)19(13-27)15-30-33/h4-6,11-12,14-16H,7-10,17H2,1-3H3. The predicted molar refractivity (Wildman–Crippen MR) is 134 cm³/mol. The van der Waals surface area contributed by atoms with Crippen LogP contribution in [0.2, 0.25) is 0 Å². The normalized spacial score (nSPS) is 14.0. The molecule has 0 atom stereocenters. The van der Waals surface area contributed by atoms with Crippen molar-refractivity contribution in [2.75, 3.05) is 31.1 Å². The Bertz CT molecular complexity index is 1420. The first-order valence-corrected chi connectivity index (χ1v) is 11.9. The first-order chi connectivity index (χ1) is 17.8. The SMILES string of the molecule is CC(C)(C)OC(=O)N1CCN(c2ccc(-c3cc(OCc4ncco4)cn4ncc(C#N)c34)cn2)CC1. The number of carbonyl (C=O) groups is 1. The van der Waals surface area contributed by atoms with E-state index in [0.29, 0.717) is 48.9 Å². The number of amides is 1. The summed E-state index contributed by atoms with van der Waals surface area (Å²) in [5.41, 5.74) is 2.20. The number of nitriles is 1. The molecule has 0 N–H and O–H groups in total. The molecule has 0 radical (unpaired) electrons. The average molecular weight is 502 g/mol. The molecule has 0 aliphatic carbocycles. The lowest BCUT2D eigenvalue weighted by Gasteiger charge is -2.36. The van der Waals surface area contributed by atoms with Crippen LogP contribution in [0.15, 0.2) is 53.7 Å². The molecule has 4 aromatic heterocycles. The highest BCUT2D eigenvalue weighted by Gasteiger charge is 2.26. The zero-order chi connectivity index (χ0) is 26.0. The second-order valence-corrected chi connectivity index (χ2v) is 9.63. The minimum Gasteiger partial charge on any atom is -0.482 e. The molecule has 190 valence electrons.